The van der Waals surface area contributed by atoms with Gasteiger partial charge in [-0.1, -0.05) is 0 Å². The van der Waals surface area contributed by atoms with Gasteiger partial charge in [0.25, 0.3) is 0 Å². The fourth-order valence-corrected chi connectivity index (χ4v) is 2.75. The first kappa shape index (κ1) is 13.7. The molecular weight excluding hydrogens is 288 g/mol. The number of aromatic amines is 1. The predicted molar refractivity (Wildman–Crippen MR) is 79.9 cm³/mol. The van der Waals surface area contributed by atoms with Crippen LogP contribution in [0.3, 0.4) is 0 Å². The highest BCUT2D eigenvalue weighted by molar-refractivity contribution is 7.99. The highest BCUT2D eigenvalue weighted by Crippen LogP contribution is 2.30. The number of hydrogen-bond donors (Lipinski definition) is 3. The SMILES string of the molecule is Cc1nc(Sc2nc(NN)nc3[nH]ncc23)nc(C)c1C. The van der Waals surface area contributed by atoms with Gasteiger partial charge in [-0.15, -0.1) is 0 Å². The first-order valence-electron chi connectivity index (χ1n) is 6.26. The molecule has 0 aliphatic heterocycles. The second-order valence-electron chi connectivity index (χ2n) is 4.53. The van der Waals surface area contributed by atoms with Crippen LogP contribution in [0.4, 0.5) is 5.95 Å². The van der Waals surface area contributed by atoms with Gasteiger partial charge in [-0.05, 0) is 38.1 Å². The van der Waals surface area contributed by atoms with E-state index in [1.54, 1.807) is 6.20 Å². The van der Waals surface area contributed by atoms with Crippen LogP contribution in [-0.4, -0.2) is 30.1 Å². The van der Waals surface area contributed by atoms with Crippen molar-refractivity contribution in [3.05, 3.63) is 23.1 Å². The van der Waals surface area contributed by atoms with Crippen LogP contribution in [0, 0.1) is 20.8 Å². The zero-order chi connectivity index (χ0) is 15.0. The van der Waals surface area contributed by atoms with Gasteiger partial charge in [-0.3, -0.25) is 10.5 Å². The van der Waals surface area contributed by atoms with Crippen molar-refractivity contribution >= 4 is 28.7 Å². The second kappa shape index (κ2) is 5.26. The van der Waals surface area contributed by atoms with Crippen molar-refractivity contribution in [2.45, 2.75) is 31.0 Å². The van der Waals surface area contributed by atoms with Crippen molar-refractivity contribution in [1.29, 1.82) is 0 Å². The Morgan fingerprint density at radius 1 is 1.10 bits per heavy atom. The summed E-state index contributed by atoms with van der Waals surface area (Å²) in [6.07, 6.45) is 1.67. The molecule has 0 bridgehead atoms. The Labute approximate surface area is 125 Å². The van der Waals surface area contributed by atoms with Crippen LogP contribution in [0.15, 0.2) is 16.4 Å². The summed E-state index contributed by atoms with van der Waals surface area (Å²) < 4.78 is 0. The van der Waals surface area contributed by atoms with E-state index in [-0.39, 0.29) is 0 Å². The third-order valence-corrected chi connectivity index (χ3v) is 4.07. The molecule has 0 unspecified atom stereocenters. The number of anilines is 1. The van der Waals surface area contributed by atoms with Crippen LogP contribution in [0.5, 0.6) is 0 Å². The van der Waals surface area contributed by atoms with Gasteiger partial charge in [-0.2, -0.15) is 10.1 Å². The molecule has 0 aliphatic carbocycles. The number of rotatable bonds is 3. The molecule has 0 aliphatic rings. The van der Waals surface area contributed by atoms with Crippen LogP contribution in [0.1, 0.15) is 17.0 Å². The summed E-state index contributed by atoms with van der Waals surface area (Å²) in [7, 11) is 0. The number of hydrazine groups is 1. The van der Waals surface area contributed by atoms with Crippen LogP contribution >= 0.6 is 11.8 Å². The van der Waals surface area contributed by atoms with E-state index in [1.165, 1.54) is 11.8 Å². The zero-order valence-corrected chi connectivity index (χ0v) is 12.6. The first-order valence-corrected chi connectivity index (χ1v) is 7.07. The van der Waals surface area contributed by atoms with Crippen molar-refractivity contribution in [1.82, 2.24) is 30.1 Å². The summed E-state index contributed by atoms with van der Waals surface area (Å²) in [5, 5.41) is 8.92. The quantitative estimate of drug-likeness (QED) is 0.288. The van der Waals surface area contributed by atoms with Gasteiger partial charge >= 0.3 is 0 Å². The molecule has 3 aromatic heterocycles. The number of fused-ring (bicyclic) bond motifs is 1. The predicted octanol–water partition coefficient (Wildman–Crippen LogP) is 1.50. The van der Waals surface area contributed by atoms with E-state index in [2.05, 4.69) is 35.6 Å². The monoisotopic (exact) mass is 302 g/mol. The summed E-state index contributed by atoms with van der Waals surface area (Å²) in [5.74, 6) is 5.70. The van der Waals surface area contributed by atoms with Crippen LogP contribution in [-0.2, 0) is 0 Å². The summed E-state index contributed by atoms with van der Waals surface area (Å²) in [5.41, 5.74) is 6.07. The summed E-state index contributed by atoms with van der Waals surface area (Å²) >= 11 is 1.36. The molecular formula is C12H14N8S. The summed E-state index contributed by atoms with van der Waals surface area (Å²) in [6, 6.07) is 0. The molecule has 8 nitrogen and oxygen atoms in total. The van der Waals surface area contributed by atoms with Gasteiger partial charge in [0.05, 0.1) is 11.6 Å². The standard InChI is InChI=1S/C12H14N8S/c1-5-6(2)15-12(16-7(5)3)21-10-8-4-14-20-9(8)17-11(18-10)19-13/h4H,13H2,1-3H3,(H2,14,17,18,19,20). The average molecular weight is 302 g/mol. The minimum atomic E-state index is 0.315. The molecule has 0 amide bonds. The molecule has 9 heteroatoms. The Hall–Kier alpha value is -2.26. The number of nitrogen functional groups attached to an aromatic ring is 1. The lowest BCUT2D eigenvalue weighted by molar-refractivity contribution is 0.878. The maximum atomic E-state index is 5.39. The van der Waals surface area contributed by atoms with Crippen LogP contribution in [0.25, 0.3) is 11.0 Å². The lowest BCUT2D eigenvalue weighted by Crippen LogP contribution is -2.11. The molecule has 108 valence electrons. The highest BCUT2D eigenvalue weighted by atomic mass is 32.2. The Morgan fingerprint density at radius 3 is 2.48 bits per heavy atom. The topological polar surface area (TPSA) is 118 Å². The molecule has 3 rings (SSSR count). The van der Waals surface area contributed by atoms with E-state index in [9.17, 15) is 0 Å². The molecule has 3 heterocycles. The number of nitrogens with zero attached hydrogens (tertiary/aromatic N) is 5. The van der Waals surface area contributed by atoms with Gasteiger partial charge in [0.15, 0.2) is 10.8 Å². The maximum absolute atomic E-state index is 5.39. The van der Waals surface area contributed by atoms with Gasteiger partial charge in [0.2, 0.25) is 5.95 Å². The highest BCUT2D eigenvalue weighted by Gasteiger charge is 2.13. The van der Waals surface area contributed by atoms with Gasteiger partial charge in [0, 0.05) is 11.4 Å². The third-order valence-electron chi connectivity index (χ3n) is 3.20. The Morgan fingerprint density at radius 2 is 1.81 bits per heavy atom. The number of nitrogens with one attached hydrogen (secondary N) is 2. The Bertz CT molecular complexity index is 789. The Kier molecular flexibility index (Phi) is 3.43. The first-order chi connectivity index (χ1) is 10.1. The van der Waals surface area contributed by atoms with E-state index in [4.69, 9.17) is 5.84 Å². The van der Waals surface area contributed by atoms with Crippen molar-refractivity contribution < 1.29 is 0 Å². The number of nitrogens with two attached hydrogens (primary N) is 1. The van der Waals surface area contributed by atoms with E-state index >= 15 is 0 Å². The molecule has 0 fully saturated rings. The molecule has 0 saturated heterocycles. The van der Waals surface area contributed by atoms with Crippen molar-refractivity contribution in [3.8, 4) is 0 Å². The van der Waals surface area contributed by atoms with Crippen molar-refractivity contribution in [2.75, 3.05) is 5.43 Å². The lowest BCUT2D eigenvalue weighted by Gasteiger charge is -2.07. The summed E-state index contributed by atoms with van der Waals surface area (Å²) in [4.78, 5) is 17.5. The smallest absolute Gasteiger partial charge is 0.240 e. The minimum Gasteiger partial charge on any atom is -0.292 e. The zero-order valence-electron chi connectivity index (χ0n) is 11.8. The molecule has 0 atom stereocenters. The van der Waals surface area contributed by atoms with E-state index in [1.807, 2.05) is 20.8 Å². The molecule has 21 heavy (non-hydrogen) atoms. The molecule has 0 radical (unpaired) electrons. The number of aromatic nitrogens is 6. The number of H-pyrrole nitrogens is 1. The Balaban J connectivity index is 2.07. The normalized spacial score (nSPS) is 11.0. The minimum absolute atomic E-state index is 0.315. The van der Waals surface area contributed by atoms with Crippen molar-refractivity contribution in [3.63, 3.8) is 0 Å². The van der Waals surface area contributed by atoms with E-state index in [0.29, 0.717) is 21.8 Å². The number of aryl methyl sites for hydroxylation is 2. The lowest BCUT2D eigenvalue weighted by atomic mass is 10.2. The number of hydrogen-bond acceptors (Lipinski definition) is 8. The molecule has 0 saturated carbocycles. The largest absolute Gasteiger partial charge is 0.292 e. The molecule has 3 aromatic rings. The van der Waals surface area contributed by atoms with Gasteiger partial charge in [-0.25, -0.2) is 20.8 Å². The van der Waals surface area contributed by atoms with Gasteiger partial charge in [0.1, 0.15) is 5.03 Å². The molecule has 0 aromatic carbocycles. The second-order valence-corrected chi connectivity index (χ2v) is 5.49. The van der Waals surface area contributed by atoms with Gasteiger partial charge < -0.3 is 0 Å². The average Bonchev–Trinajstić information content (AvgIpc) is 2.93. The maximum Gasteiger partial charge on any atom is 0.240 e. The fraction of sp³-hybridized carbons (Fsp3) is 0.250. The molecule has 0 spiro atoms. The van der Waals surface area contributed by atoms with Crippen LogP contribution in [0.2, 0.25) is 0 Å². The molecule has 4 N–H and O–H groups in total. The van der Waals surface area contributed by atoms with Crippen molar-refractivity contribution in [2.24, 2.45) is 5.84 Å². The third kappa shape index (κ3) is 2.52. The fourth-order valence-electron chi connectivity index (χ4n) is 1.82. The van der Waals surface area contributed by atoms with E-state index in [0.717, 1.165) is 22.3 Å². The summed E-state index contributed by atoms with van der Waals surface area (Å²) in [6.45, 7) is 5.94. The van der Waals surface area contributed by atoms with E-state index < -0.39 is 0 Å². The van der Waals surface area contributed by atoms with Crippen LogP contribution < -0.4 is 11.3 Å².